The van der Waals surface area contributed by atoms with E-state index in [4.69, 9.17) is 14.9 Å². The van der Waals surface area contributed by atoms with Crippen molar-refractivity contribution in [1.29, 1.82) is 0 Å². The van der Waals surface area contributed by atoms with Crippen LogP contribution in [-0.2, 0) is 22.4 Å². The number of aromatic amines is 1. The fourth-order valence-corrected chi connectivity index (χ4v) is 3.48. The zero-order valence-corrected chi connectivity index (χ0v) is 16.9. The van der Waals surface area contributed by atoms with E-state index in [9.17, 15) is 19.2 Å². The van der Waals surface area contributed by atoms with Crippen LogP contribution in [0.25, 0.3) is 0 Å². The highest BCUT2D eigenvalue weighted by molar-refractivity contribution is 5.96. The molecule has 10 heteroatoms. The number of hydrogen-bond donors (Lipinski definition) is 4. The van der Waals surface area contributed by atoms with Crippen LogP contribution in [-0.4, -0.2) is 50.7 Å². The normalized spacial score (nSPS) is 15.7. The van der Waals surface area contributed by atoms with Crippen LogP contribution >= 0.6 is 0 Å². The van der Waals surface area contributed by atoms with Crippen LogP contribution in [0.15, 0.2) is 29.1 Å². The topological polar surface area (TPSA) is 159 Å². The number of aliphatic carboxylic acids is 2. The minimum Gasteiger partial charge on any atom is -0.493 e. The second kappa shape index (κ2) is 9.41. The fourth-order valence-electron chi connectivity index (χ4n) is 3.48. The number of carbonyl (C=O) groups is 3. The van der Waals surface area contributed by atoms with Crippen LogP contribution in [0.2, 0.25) is 0 Å². The number of carboxylic acid groups (broad SMARTS) is 2. The Balaban J connectivity index is 1.54. The van der Waals surface area contributed by atoms with E-state index in [0.717, 1.165) is 5.69 Å². The Bertz CT molecular complexity index is 1050. The number of rotatable bonds is 9. The zero-order valence-electron chi connectivity index (χ0n) is 16.9. The predicted molar refractivity (Wildman–Crippen MR) is 108 cm³/mol. The molecule has 2 aromatic rings. The highest BCUT2D eigenvalue weighted by Crippen LogP contribution is 2.23. The zero-order chi connectivity index (χ0) is 22.5. The molecule has 1 aliphatic carbocycles. The lowest BCUT2D eigenvalue weighted by Gasteiger charge is -2.14. The Morgan fingerprint density at radius 2 is 1.94 bits per heavy atom. The van der Waals surface area contributed by atoms with Crippen molar-refractivity contribution in [3.05, 3.63) is 57.3 Å². The number of hydrogen-bond acceptors (Lipinski definition) is 6. The Kier molecular flexibility index (Phi) is 6.68. The number of carbonyl (C=O) groups excluding carboxylic acids is 1. The highest BCUT2D eigenvalue weighted by Gasteiger charge is 2.26. The first-order valence-electron chi connectivity index (χ1n) is 9.80. The summed E-state index contributed by atoms with van der Waals surface area (Å²) in [6.45, 7) is 2.13. The summed E-state index contributed by atoms with van der Waals surface area (Å²) in [7, 11) is 0. The maximum absolute atomic E-state index is 12.3. The Morgan fingerprint density at radius 3 is 2.58 bits per heavy atom. The van der Waals surface area contributed by atoms with Crippen molar-refractivity contribution in [2.75, 3.05) is 6.61 Å². The number of carboxylic acids is 2. The first kappa shape index (κ1) is 22.0. The number of ether oxygens (including phenoxy) is 1. The Labute approximate surface area is 177 Å². The van der Waals surface area contributed by atoms with E-state index in [-0.39, 0.29) is 29.9 Å². The average molecular weight is 429 g/mol. The third kappa shape index (κ3) is 5.68. The second-order valence-electron chi connectivity index (χ2n) is 7.48. The van der Waals surface area contributed by atoms with Crippen molar-refractivity contribution in [3.8, 4) is 5.75 Å². The van der Waals surface area contributed by atoms with Crippen molar-refractivity contribution in [1.82, 2.24) is 15.3 Å². The van der Waals surface area contributed by atoms with Crippen LogP contribution in [0.1, 0.15) is 40.3 Å². The maximum Gasteiger partial charge on any atom is 0.326 e. The molecule has 164 valence electrons. The van der Waals surface area contributed by atoms with Gasteiger partial charge < -0.3 is 25.3 Å². The summed E-state index contributed by atoms with van der Waals surface area (Å²) in [6.07, 6.45) is 0.674. The van der Waals surface area contributed by atoms with Crippen LogP contribution in [0, 0.1) is 12.8 Å². The van der Waals surface area contributed by atoms with Gasteiger partial charge in [-0.05, 0) is 50.5 Å². The predicted octanol–water partition coefficient (Wildman–Crippen LogP) is 0.920. The van der Waals surface area contributed by atoms with Gasteiger partial charge in [-0.15, -0.1) is 0 Å². The smallest absolute Gasteiger partial charge is 0.326 e. The number of H-pyrrole nitrogens is 1. The number of fused-ring (bicyclic) bond motifs is 1. The van der Waals surface area contributed by atoms with E-state index in [2.05, 4.69) is 15.3 Å². The van der Waals surface area contributed by atoms with Crippen molar-refractivity contribution in [2.45, 2.75) is 38.6 Å². The summed E-state index contributed by atoms with van der Waals surface area (Å²) in [6, 6.07) is 4.90. The fraction of sp³-hybridized carbons (Fsp3) is 0.381. The van der Waals surface area contributed by atoms with Gasteiger partial charge >= 0.3 is 11.9 Å². The summed E-state index contributed by atoms with van der Waals surface area (Å²) < 4.78 is 5.78. The van der Waals surface area contributed by atoms with Gasteiger partial charge in [-0.25, -0.2) is 9.78 Å². The average Bonchev–Trinajstić information content (AvgIpc) is 3.12. The minimum atomic E-state index is -1.30. The lowest BCUT2D eigenvalue weighted by molar-refractivity contribution is -0.140. The molecule has 1 unspecified atom stereocenters. The molecule has 0 saturated carbocycles. The highest BCUT2D eigenvalue weighted by atomic mass is 16.5. The van der Waals surface area contributed by atoms with E-state index < -0.39 is 23.9 Å². The molecule has 1 aromatic carbocycles. The quantitative estimate of drug-likeness (QED) is 0.458. The first-order chi connectivity index (χ1) is 14.7. The number of nitrogens with zero attached hydrogens (tertiary/aromatic N) is 1. The maximum atomic E-state index is 12.3. The van der Waals surface area contributed by atoms with Crippen molar-refractivity contribution in [3.63, 3.8) is 0 Å². The molecule has 4 N–H and O–H groups in total. The third-order valence-corrected chi connectivity index (χ3v) is 5.05. The summed E-state index contributed by atoms with van der Waals surface area (Å²) in [5.74, 6) is -1.80. The van der Waals surface area contributed by atoms with Gasteiger partial charge in [0.05, 0.1) is 12.3 Å². The largest absolute Gasteiger partial charge is 0.493 e. The molecule has 10 nitrogen and oxygen atoms in total. The number of aryl methyl sites for hydroxylation is 1. The van der Waals surface area contributed by atoms with Crippen molar-refractivity contribution >= 4 is 17.8 Å². The molecule has 0 fully saturated rings. The molecule has 2 atom stereocenters. The SMILES string of the molecule is Cc1nc2c(c(=O)[nH]1)CC(COc1ccc(C(=O)N[C@@H](CCC(=O)O)C(=O)O)cc1)C2. The lowest BCUT2D eigenvalue weighted by atomic mass is 10.1. The molecule has 0 bridgehead atoms. The molecule has 0 aliphatic heterocycles. The molecule has 1 heterocycles. The number of amides is 1. The van der Waals surface area contributed by atoms with Gasteiger partial charge in [-0.2, -0.15) is 0 Å². The molecule has 1 aliphatic rings. The molecule has 0 saturated heterocycles. The second-order valence-corrected chi connectivity index (χ2v) is 7.48. The van der Waals surface area contributed by atoms with Gasteiger partial charge in [0.1, 0.15) is 17.6 Å². The van der Waals surface area contributed by atoms with Crippen LogP contribution in [0.5, 0.6) is 5.75 Å². The lowest BCUT2D eigenvalue weighted by Crippen LogP contribution is -2.41. The molecule has 1 amide bonds. The van der Waals surface area contributed by atoms with Gasteiger partial charge in [-0.3, -0.25) is 14.4 Å². The van der Waals surface area contributed by atoms with Gasteiger partial charge in [-0.1, -0.05) is 0 Å². The Morgan fingerprint density at radius 1 is 1.23 bits per heavy atom. The van der Waals surface area contributed by atoms with E-state index in [1.54, 1.807) is 19.1 Å². The number of aromatic nitrogens is 2. The molecule has 0 radical (unpaired) electrons. The van der Waals surface area contributed by atoms with E-state index in [0.29, 0.717) is 36.6 Å². The first-order valence-corrected chi connectivity index (χ1v) is 9.80. The molecular weight excluding hydrogens is 406 g/mol. The van der Waals surface area contributed by atoms with E-state index in [1.807, 2.05) is 0 Å². The van der Waals surface area contributed by atoms with Crippen LogP contribution < -0.4 is 15.6 Å². The monoisotopic (exact) mass is 429 g/mol. The minimum absolute atomic E-state index is 0.108. The van der Waals surface area contributed by atoms with Crippen LogP contribution in [0.4, 0.5) is 0 Å². The molecule has 0 spiro atoms. The van der Waals surface area contributed by atoms with Gasteiger partial charge in [0.15, 0.2) is 0 Å². The molecule has 1 aromatic heterocycles. The summed E-state index contributed by atoms with van der Waals surface area (Å²) in [4.78, 5) is 53.2. The number of benzene rings is 1. The molecular formula is C21H23N3O7. The third-order valence-electron chi connectivity index (χ3n) is 5.05. The standard InChI is InChI=1S/C21H23N3O7/c1-11-22-17-9-12(8-15(17)20(28)23-11)10-31-14-4-2-13(3-5-14)19(27)24-16(21(29)30)6-7-18(25)26/h2-5,12,16H,6-10H2,1H3,(H,24,27)(H,25,26)(H,29,30)(H,22,23,28)/t12?,16-/m0/s1. The Hall–Kier alpha value is -3.69. The van der Waals surface area contributed by atoms with Gasteiger partial charge in [0, 0.05) is 23.5 Å². The van der Waals surface area contributed by atoms with Gasteiger partial charge in [0.2, 0.25) is 0 Å². The van der Waals surface area contributed by atoms with E-state index >= 15 is 0 Å². The van der Waals surface area contributed by atoms with Crippen molar-refractivity contribution in [2.24, 2.45) is 5.92 Å². The van der Waals surface area contributed by atoms with Crippen molar-refractivity contribution < 1.29 is 29.3 Å². The molecule has 31 heavy (non-hydrogen) atoms. The summed E-state index contributed by atoms with van der Waals surface area (Å²) in [5, 5.41) is 20.2. The number of nitrogens with one attached hydrogen (secondary N) is 2. The summed E-state index contributed by atoms with van der Waals surface area (Å²) >= 11 is 0. The van der Waals surface area contributed by atoms with E-state index in [1.165, 1.54) is 12.1 Å². The van der Waals surface area contributed by atoms with Crippen LogP contribution in [0.3, 0.4) is 0 Å². The summed E-state index contributed by atoms with van der Waals surface area (Å²) in [5.41, 5.74) is 1.62. The van der Waals surface area contributed by atoms with Gasteiger partial charge in [0.25, 0.3) is 11.5 Å². The molecule has 3 rings (SSSR count).